The maximum atomic E-state index is 12.1. The van der Waals surface area contributed by atoms with Gasteiger partial charge in [-0.25, -0.2) is 0 Å². The lowest BCUT2D eigenvalue weighted by molar-refractivity contribution is 0.0656. The van der Waals surface area contributed by atoms with Crippen LogP contribution in [0.4, 0.5) is 5.69 Å². The molecule has 0 aromatic heterocycles. The number of rotatable bonds is 6. The summed E-state index contributed by atoms with van der Waals surface area (Å²) < 4.78 is 4.93. The minimum Gasteiger partial charge on any atom is -0.399 e. The molecule has 0 unspecified atom stereocenters. The summed E-state index contributed by atoms with van der Waals surface area (Å²) in [5, 5.41) is 8.92. The summed E-state index contributed by atoms with van der Waals surface area (Å²) >= 11 is 0. The molecule has 1 aromatic rings. The van der Waals surface area contributed by atoms with Crippen molar-refractivity contribution in [2.75, 3.05) is 39.1 Å². The van der Waals surface area contributed by atoms with Crippen molar-refractivity contribution in [2.24, 2.45) is 0 Å². The Bertz CT molecular complexity index is 351. The van der Waals surface area contributed by atoms with E-state index in [0.717, 1.165) is 0 Å². The summed E-state index contributed by atoms with van der Waals surface area (Å²) in [4.78, 5) is 13.6. The molecule has 1 amide bonds. The van der Waals surface area contributed by atoms with Crippen LogP contribution in [0.25, 0.3) is 0 Å². The second kappa shape index (κ2) is 6.88. The van der Waals surface area contributed by atoms with Crippen molar-refractivity contribution < 1.29 is 14.6 Å². The number of aliphatic hydroxyl groups excluding tert-OH is 1. The molecule has 0 spiro atoms. The van der Waals surface area contributed by atoms with E-state index in [1.54, 1.807) is 36.3 Å². The van der Waals surface area contributed by atoms with Crippen LogP contribution in [0.15, 0.2) is 24.3 Å². The number of methoxy groups -OCH3 is 1. The maximum absolute atomic E-state index is 12.1. The Hall–Kier alpha value is -1.59. The van der Waals surface area contributed by atoms with Crippen molar-refractivity contribution in [2.45, 2.75) is 0 Å². The number of hydrogen-bond donors (Lipinski definition) is 2. The molecule has 1 rings (SSSR count). The molecule has 5 heteroatoms. The summed E-state index contributed by atoms with van der Waals surface area (Å²) in [6.07, 6.45) is 0. The average molecular weight is 238 g/mol. The Morgan fingerprint density at radius 2 is 2.00 bits per heavy atom. The van der Waals surface area contributed by atoms with Crippen molar-refractivity contribution >= 4 is 11.6 Å². The van der Waals surface area contributed by atoms with Crippen LogP contribution in [-0.4, -0.2) is 49.3 Å². The molecule has 0 fully saturated rings. The molecule has 0 aliphatic carbocycles. The Kier molecular flexibility index (Phi) is 5.45. The molecular formula is C12H18N2O3. The fraction of sp³-hybridized carbons (Fsp3) is 0.417. The van der Waals surface area contributed by atoms with Crippen molar-refractivity contribution in [3.63, 3.8) is 0 Å². The first-order valence-corrected chi connectivity index (χ1v) is 5.43. The monoisotopic (exact) mass is 238 g/mol. The van der Waals surface area contributed by atoms with E-state index in [1.807, 2.05) is 0 Å². The van der Waals surface area contributed by atoms with Crippen LogP contribution in [-0.2, 0) is 4.74 Å². The number of nitrogen functional groups attached to an aromatic ring is 1. The molecule has 0 atom stereocenters. The van der Waals surface area contributed by atoms with E-state index in [-0.39, 0.29) is 12.5 Å². The zero-order valence-electron chi connectivity index (χ0n) is 9.93. The quantitative estimate of drug-likeness (QED) is 0.701. The highest BCUT2D eigenvalue weighted by molar-refractivity contribution is 5.94. The summed E-state index contributed by atoms with van der Waals surface area (Å²) in [6.45, 7) is 1.14. The zero-order chi connectivity index (χ0) is 12.7. The number of carbonyl (C=O) groups is 1. The molecule has 0 saturated heterocycles. The van der Waals surface area contributed by atoms with Gasteiger partial charge in [0.1, 0.15) is 0 Å². The van der Waals surface area contributed by atoms with E-state index in [0.29, 0.717) is 30.9 Å². The zero-order valence-corrected chi connectivity index (χ0v) is 9.93. The first kappa shape index (κ1) is 13.5. The van der Waals surface area contributed by atoms with Gasteiger partial charge in [0.15, 0.2) is 0 Å². The van der Waals surface area contributed by atoms with E-state index in [2.05, 4.69) is 0 Å². The van der Waals surface area contributed by atoms with Gasteiger partial charge < -0.3 is 20.5 Å². The van der Waals surface area contributed by atoms with Crippen LogP contribution in [0.5, 0.6) is 0 Å². The lowest BCUT2D eigenvalue weighted by atomic mass is 10.2. The second-order valence-corrected chi connectivity index (χ2v) is 3.63. The third kappa shape index (κ3) is 4.05. The molecule has 0 radical (unpaired) electrons. The number of benzene rings is 1. The van der Waals surface area contributed by atoms with Gasteiger partial charge in [-0.2, -0.15) is 0 Å². The van der Waals surface area contributed by atoms with Gasteiger partial charge in [-0.15, -0.1) is 0 Å². The van der Waals surface area contributed by atoms with E-state index < -0.39 is 0 Å². The lowest BCUT2D eigenvalue weighted by Gasteiger charge is -2.21. The number of anilines is 1. The molecule has 0 aliphatic heterocycles. The third-order valence-electron chi connectivity index (χ3n) is 2.38. The van der Waals surface area contributed by atoms with Gasteiger partial charge in [0.25, 0.3) is 5.91 Å². The van der Waals surface area contributed by atoms with Crippen molar-refractivity contribution in [3.8, 4) is 0 Å². The predicted octanol–water partition coefficient (Wildman–Crippen LogP) is 0.350. The van der Waals surface area contributed by atoms with Gasteiger partial charge in [-0.3, -0.25) is 4.79 Å². The molecule has 5 nitrogen and oxygen atoms in total. The van der Waals surface area contributed by atoms with E-state index >= 15 is 0 Å². The number of amides is 1. The molecule has 0 heterocycles. The number of hydrogen-bond acceptors (Lipinski definition) is 4. The molecule has 17 heavy (non-hydrogen) atoms. The van der Waals surface area contributed by atoms with E-state index in [9.17, 15) is 4.79 Å². The van der Waals surface area contributed by atoms with Gasteiger partial charge >= 0.3 is 0 Å². The Morgan fingerprint density at radius 3 is 2.53 bits per heavy atom. The molecule has 1 aromatic carbocycles. The van der Waals surface area contributed by atoms with Crippen molar-refractivity contribution in [1.29, 1.82) is 0 Å². The van der Waals surface area contributed by atoms with Crippen LogP contribution in [0.1, 0.15) is 10.4 Å². The van der Waals surface area contributed by atoms with E-state index in [4.69, 9.17) is 15.6 Å². The largest absolute Gasteiger partial charge is 0.399 e. The van der Waals surface area contributed by atoms with Gasteiger partial charge in [-0.1, -0.05) is 0 Å². The average Bonchev–Trinajstić information content (AvgIpc) is 2.34. The minimum absolute atomic E-state index is 0.0651. The van der Waals surface area contributed by atoms with Crippen molar-refractivity contribution in [3.05, 3.63) is 29.8 Å². The summed E-state index contributed by atoms with van der Waals surface area (Å²) in [7, 11) is 1.57. The molecule has 3 N–H and O–H groups in total. The molecular weight excluding hydrogens is 220 g/mol. The van der Waals surface area contributed by atoms with E-state index in [1.165, 1.54) is 0 Å². The van der Waals surface area contributed by atoms with Crippen molar-refractivity contribution in [1.82, 2.24) is 4.90 Å². The van der Waals surface area contributed by atoms with Crippen LogP contribution in [0.2, 0.25) is 0 Å². The number of carbonyl (C=O) groups excluding carboxylic acids is 1. The number of ether oxygens (including phenoxy) is 1. The molecule has 0 bridgehead atoms. The number of nitrogens with two attached hydrogens (primary N) is 1. The first-order valence-electron chi connectivity index (χ1n) is 5.43. The number of nitrogens with zero attached hydrogens (tertiary/aromatic N) is 1. The van der Waals surface area contributed by atoms with Gasteiger partial charge in [0.2, 0.25) is 0 Å². The van der Waals surface area contributed by atoms with Crippen LogP contribution >= 0.6 is 0 Å². The first-order chi connectivity index (χ1) is 8.19. The molecule has 0 aliphatic rings. The van der Waals surface area contributed by atoms with Gasteiger partial charge in [0, 0.05) is 31.5 Å². The van der Waals surface area contributed by atoms with Crippen LogP contribution in [0.3, 0.4) is 0 Å². The standard InChI is InChI=1S/C12H18N2O3/c1-17-9-7-14(6-8-15)12(16)10-2-4-11(13)5-3-10/h2-5,15H,6-9,13H2,1H3. The Balaban J connectivity index is 2.72. The number of aliphatic hydroxyl groups is 1. The normalized spacial score (nSPS) is 10.2. The van der Waals surface area contributed by atoms with Crippen LogP contribution in [0, 0.1) is 0 Å². The predicted molar refractivity (Wildman–Crippen MR) is 65.7 cm³/mol. The Labute approximate surface area is 101 Å². The maximum Gasteiger partial charge on any atom is 0.254 e. The lowest BCUT2D eigenvalue weighted by Crippen LogP contribution is -2.36. The molecule has 94 valence electrons. The Morgan fingerprint density at radius 1 is 1.35 bits per heavy atom. The topological polar surface area (TPSA) is 75.8 Å². The highest BCUT2D eigenvalue weighted by Gasteiger charge is 2.14. The summed E-state index contributed by atoms with van der Waals surface area (Å²) in [5.74, 6) is -0.129. The molecule has 0 saturated carbocycles. The fourth-order valence-corrected chi connectivity index (χ4v) is 1.45. The highest BCUT2D eigenvalue weighted by atomic mass is 16.5. The second-order valence-electron chi connectivity index (χ2n) is 3.63. The van der Waals surface area contributed by atoms with Gasteiger partial charge in [-0.05, 0) is 24.3 Å². The van der Waals surface area contributed by atoms with Gasteiger partial charge in [0.05, 0.1) is 13.2 Å². The third-order valence-corrected chi connectivity index (χ3v) is 2.38. The minimum atomic E-state index is -0.129. The van der Waals surface area contributed by atoms with Crippen LogP contribution < -0.4 is 5.73 Å². The fourth-order valence-electron chi connectivity index (χ4n) is 1.45. The highest BCUT2D eigenvalue weighted by Crippen LogP contribution is 2.08. The SMILES string of the molecule is COCCN(CCO)C(=O)c1ccc(N)cc1. The summed E-state index contributed by atoms with van der Waals surface area (Å²) in [5.41, 5.74) is 6.73. The summed E-state index contributed by atoms with van der Waals surface area (Å²) in [6, 6.07) is 6.71. The smallest absolute Gasteiger partial charge is 0.254 e.